The monoisotopic (exact) mass is 439 g/mol. The third-order valence-electron chi connectivity index (χ3n) is 7.22. The van der Waals surface area contributed by atoms with Gasteiger partial charge in [-0.15, -0.1) is 0 Å². The quantitative estimate of drug-likeness (QED) is 0.455. The summed E-state index contributed by atoms with van der Waals surface area (Å²) in [6, 6.07) is 0. The number of nitrogens with zero attached hydrogens (tertiary/aromatic N) is 1. The SMILES string of the molecule is CC12CCC(C(=O)C1=O)C2(C)C.CCC(CC(C)C(=O)OC(C)(C)CN(C)C)C(=O)O. The van der Waals surface area contributed by atoms with Crippen molar-refractivity contribution in [3.8, 4) is 0 Å². The maximum absolute atomic E-state index is 12.0. The minimum absolute atomic E-state index is 0.00926. The normalized spacial score (nSPS) is 26.3. The molecule has 0 aromatic heterocycles. The molecule has 0 aliphatic heterocycles. The van der Waals surface area contributed by atoms with E-state index in [0.717, 1.165) is 12.8 Å². The van der Waals surface area contributed by atoms with Gasteiger partial charge in [-0.25, -0.2) is 0 Å². The smallest absolute Gasteiger partial charge is 0.309 e. The Morgan fingerprint density at radius 3 is 2.10 bits per heavy atom. The number of carbonyl (C=O) groups excluding carboxylic acids is 3. The average molecular weight is 440 g/mol. The number of likely N-dealkylation sites (N-methyl/N-ethyl adjacent to an activating group) is 1. The van der Waals surface area contributed by atoms with Crippen molar-refractivity contribution < 1.29 is 29.0 Å². The predicted molar refractivity (Wildman–Crippen MR) is 119 cm³/mol. The molecule has 0 saturated heterocycles. The van der Waals surface area contributed by atoms with Crippen LogP contribution in [0.2, 0.25) is 0 Å². The lowest BCUT2D eigenvalue weighted by atomic mass is 9.70. The Labute approximate surface area is 186 Å². The van der Waals surface area contributed by atoms with Gasteiger partial charge in [-0.05, 0) is 59.0 Å². The van der Waals surface area contributed by atoms with Gasteiger partial charge in [0, 0.05) is 17.9 Å². The number of hydrogen-bond acceptors (Lipinski definition) is 6. The molecule has 0 heterocycles. The zero-order valence-electron chi connectivity index (χ0n) is 20.7. The molecule has 0 radical (unpaired) electrons. The van der Waals surface area contributed by atoms with Gasteiger partial charge in [-0.1, -0.05) is 34.6 Å². The molecule has 178 valence electrons. The first-order chi connectivity index (χ1) is 14.0. The second-order valence-corrected chi connectivity index (χ2v) is 10.8. The van der Waals surface area contributed by atoms with Gasteiger partial charge in [-0.2, -0.15) is 0 Å². The number of aliphatic carboxylic acids is 1. The average Bonchev–Trinajstić information content (AvgIpc) is 2.92. The fourth-order valence-corrected chi connectivity index (χ4v) is 4.93. The highest BCUT2D eigenvalue weighted by atomic mass is 16.6. The summed E-state index contributed by atoms with van der Waals surface area (Å²) >= 11 is 0. The molecule has 0 aromatic carbocycles. The van der Waals surface area contributed by atoms with Crippen LogP contribution < -0.4 is 0 Å². The van der Waals surface area contributed by atoms with Crippen LogP contribution in [-0.4, -0.2) is 59.8 Å². The fraction of sp³-hybridized carbons (Fsp3) is 0.833. The molecular weight excluding hydrogens is 398 g/mol. The van der Waals surface area contributed by atoms with Crippen molar-refractivity contribution in [2.45, 2.75) is 79.8 Å². The summed E-state index contributed by atoms with van der Waals surface area (Å²) in [6.45, 7) is 13.9. The van der Waals surface area contributed by atoms with E-state index in [-0.39, 0.29) is 34.3 Å². The van der Waals surface area contributed by atoms with Gasteiger partial charge in [-0.3, -0.25) is 19.2 Å². The van der Waals surface area contributed by atoms with Gasteiger partial charge in [0.2, 0.25) is 11.6 Å². The topological polar surface area (TPSA) is 101 Å². The first-order valence-corrected chi connectivity index (χ1v) is 11.2. The number of ether oxygens (including phenoxy) is 1. The van der Waals surface area contributed by atoms with Crippen molar-refractivity contribution >= 4 is 23.5 Å². The molecule has 0 spiro atoms. The minimum Gasteiger partial charge on any atom is -0.481 e. The van der Waals surface area contributed by atoms with Crippen LogP contribution in [-0.2, 0) is 23.9 Å². The lowest BCUT2D eigenvalue weighted by Crippen LogP contribution is -2.40. The molecule has 4 atom stereocenters. The maximum atomic E-state index is 12.0. The molecule has 1 N–H and O–H groups in total. The van der Waals surface area contributed by atoms with Crippen LogP contribution in [0.1, 0.15) is 74.1 Å². The predicted octanol–water partition coefficient (Wildman–Crippen LogP) is 3.59. The Morgan fingerprint density at radius 1 is 1.23 bits per heavy atom. The van der Waals surface area contributed by atoms with Crippen LogP contribution in [0, 0.1) is 28.6 Å². The number of ketones is 2. The van der Waals surface area contributed by atoms with Crippen LogP contribution in [0.25, 0.3) is 0 Å². The number of Topliss-reactive ketones (excluding diaryl/α,β-unsaturated/α-hetero) is 2. The molecule has 0 amide bonds. The zero-order valence-corrected chi connectivity index (χ0v) is 20.7. The van der Waals surface area contributed by atoms with E-state index in [4.69, 9.17) is 9.84 Å². The van der Waals surface area contributed by atoms with E-state index >= 15 is 0 Å². The third-order valence-corrected chi connectivity index (χ3v) is 7.22. The van der Waals surface area contributed by atoms with Crippen LogP contribution in [0.15, 0.2) is 0 Å². The number of hydrogen-bond donors (Lipinski definition) is 1. The Hall–Kier alpha value is -1.76. The standard InChI is InChI=1S/C14H27NO4.C10H14O2/c1-7-11(12(16)17)8-10(2)13(18)19-14(3,4)9-15(5)6;1-9(2)6-4-5-10(9,3)8(12)7(6)11/h10-11H,7-9H2,1-6H3,(H,16,17);6H,4-5H2,1-3H3. The first-order valence-electron chi connectivity index (χ1n) is 11.2. The highest BCUT2D eigenvalue weighted by molar-refractivity contribution is 6.43. The second-order valence-electron chi connectivity index (χ2n) is 10.8. The van der Waals surface area contributed by atoms with Gasteiger partial charge >= 0.3 is 11.9 Å². The Bertz CT molecular complexity index is 711. The number of carboxylic acid groups (broad SMARTS) is 1. The third kappa shape index (κ3) is 5.93. The first kappa shape index (κ1) is 27.3. The molecule has 2 bridgehead atoms. The Kier molecular flexibility index (Phi) is 8.62. The van der Waals surface area contributed by atoms with Crippen LogP contribution >= 0.6 is 0 Å². The molecule has 31 heavy (non-hydrogen) atoms. The summed E-state index contributed by atoms with van der Waals surface area (Å²) in [5, 5.41) is 9.00. The molecule has 2 aliphatic carbocycles. The maximum Gasteiger partial charge on any atom is 0.309 e. The largest absolute Gasteiger partial charge is 0.481 e. The Morgan fingerprint density at radius 2 is 1.77 bits per heavy atom. The van der Waals surface area contributed by atoms with Gasteiger partial charge in [0.1, 0.15) is 5.60 Å². The molecule has 2 aliphatic rings. The summed E-state index contributed by atoms with van der Waals surface area (Å²) in [5.41, 5.74) is -1.02. The summed E-state index contributed by atoms with van der Waals surface area (Å²) < 4.78 is 5.46. The highest BCUT2D eigenvalue weighted by Gasteiger charge is 2.66. The summed E-state index contributed by atoms with van der Waals surface area (Å²) in [4.78, 5) is 47.9. The van der Waals surface area contributed by atoms with Crippen molar-refractivity contribution in [2.75, 3.05) is 20.6 Å². The van der Waals surface area contributed by atoms with Gasteiger partial charge in [0.15, 0.2) is 0 Å². The van der Waals surface area contributed by atoms with E-state index in [9.17, 15) is 19.2 Å². The summed E-state index contributed by atoms with van der Waals surface area (Å²) in [5.74, 6) is -2.30. The zero-order chi connectivity index (χ0) is 24.4. The van der Waals surface area contributed by atoms with E-state index in [1.54, 1.807) is 6.92 Å². The van der Waals surface area contributed by atoms with E-state index in [0.29, 0.717) is 19.4 Å². The van der Waals surface area contributed by atoms with E-state index in [1.807, 2.05) is 60.5 Å². The molecule has 7 nitrogen and oxygen atoms in total. The molecule has 4 unspecified atom stereocenters. The molecule has 0 aromatic rings. The number of carboxylic acids is 1. The van der Waals surface area contributed by atoms with E-state index in [2.05, 4.69) is 0 Å². The lowest BCUT2D eigenvalue weighted by Gasteiger charge is -2.31. The van der Waals surface area contributed by atoms with Crippen molar-refractivity contribution in [1.29, 1.82) is 0 Å². The lowest BCUT2D eigenvalue weighted by molar-refractivity contribution is -0.163. The van der Waals surface area contributed by atoms with Crippen molar-refractivity contribution in [2.24, 2.45) is 28.6 Å². The van der Waals surface area contributed by atoms with Gasteiger partial charge in [0.25, 0.3) is 0 Å². The van der Waals surface area contributed by atoms with Crippen molar-refractivity contribution in [3.05, 3.63) is 0 Å². The van der Waals surface area contributed by atoms with E-state index in [1.165, 1.54) is 0 Å². The minimum atomic E-state index is -0.852. The van der Waals surface area contributed by atoms with Crippen molar-refractivity contribution in [3.63, 3.8) is 0 Å². The molecule has 2 fully saturated rings. The molecule has 7 heteroatoms. The number of carbonyl (C=O) groups is 4. The van der Waals surface area contributed by atoms with Gasteiger partial charge < -0.3 is 14.7 Å². The van der Waals surface area contributed by atoms with Crippen LogP contribution in [0.3, 0.4) is 0 Å². The Balaban J connectivity index is 0.000000339. The van der Waals surface area contributed by atoms with Crippen LogP contribution in [0.5, 0.6) is 0 Å². The number of fused-ring (bicyclic) bond motifs is 2. The van der Waals surface area contributed by atoms with Crippen LogP contribution in [0.4, 0.5) is 0 Å². The molecule has 2 rings (SSSR count). The number of esters is 1. The number of rotatable bonds is 8. The fourth-order valence-electron chi connectivity index (χ4n) is 4.93. The highest BCUT2D eigenvalue weighted by Crippen LogP contribution is 2.61. The summed E-state index contributed by atoms with van der Waals surface area (Å²) in [7, 11) is 3.83. The molecule has 2 saturated carbocycles. The van der Waals surface area contributed by atoms with Gasteiger partial charge in [0.05, 0.1) is 11.8 Å². The van der Waals surface area contributed by atoms with Crippen molar-refractivity contribution in [1.82, 2.24) is 4.90 Å². The summed E-state index contributed by atoms with van der Waals surface area (Å²) in [6.07, 6.45) is 2.65. The second kappa shape index (κ2) is 9.80. The van der Waals surface area contributed by atoms with E-state index < -0.39 is 23.4 Å². The molecular formula is C24H41NO6.